The first kappa shape index (κ1) is 13.2. The molecule has 2 aromatic rings. The van der Waals surface area contributed by atoms with Gasteiger partial charge in [0, 0.05) is 30.3 Å². The van der Waals surface area contributed by atoms with Crippen LogP contribution in [0.2, 0.25) is 0 Å². The number of Topliss-reactive ketones (excluding diaryl/α,β-unsaturated/α-hetero) is 1. The van der Waals surface area contributed by atoms with Crippen LogP contribution in [-0.2, 0) is 4.79 Å². The molecule has 0 bridgehead atoms. The van der Waals surface area contributed by atoms with E-state index in [1.165, 1.54) is 22.3 Å². The Morgan fingerprint density at radius 1 is 1.00 bits per heavy atom. The van der Waals surface area contributed by atoms with Gasteiger partial charge in [0.2, 0.25) is 0 Å². The monoisotopic (exact) mass is 287 g/mol. The molecule has 1 unspecified atom stereocenters. The van der Waals surface area contributed by atoms with E-state index in [1.54, 1.807) is 0 Å². The van der Waals surface area contributed by atoms with E-state index in [2.05, 4.69) is 35.3 Å². The van der Waals surface area contributed by atoms with E-state index < -0.39 is 0 Å². The van der Waals surface area contributed by atoms with Gasteiger partial charge in [0.05, 0.1) is 0 Å². The van der Waals surface area contributed by atoms with Crippen LogP contribution in [0, 0.1) is 0 Å². The van der Waals surface area contributed by atoms with Gasteiger partial charge in [-0.1, -0.05) is 30.3 Å². The maximum absolute atomic E-state index is 12.3. The molecule has 0 fully saturated rings. The quantitative estimate of drug-likeness (QED) is 0.823. The van der Waals surface area contributed by atoms with Crippen molar-refractivity contribution in [3.05, 3.63) is 83.2 Å². The molecule has 2 aliphatic carbocycles. The highest BCUT2D eigenvalue weighted by atomic mass is 16.1. The Morgan fingerprint density at radius 2 is 1.77 bits per heavy atom. The molecule has 0 spiro atoms. The van der Waals surface area contributed by atoms with Crippen LogP contribution in [0.1, 0.15) is 36.3 Å². The van der Waals surface area contributed by atoms with E-state index in [4.69, 9.17) is 0 Å². The lowest BCUT2D eigenvalue weighted by Gasteiger charge is -2.24. The third-order valence-electron chi connectivity index (χ3n) is 4.68. The van der Waals surface area contributed by atoms with E-state index >= 15 is 0 Å². The van der Waals surface area contributed by atoms with Crippen molar-refractivity contribution in [1.82, 2.24) is 4.98 Å². The van der Waals surface area contributed by atoms with E-state index in [0.29, 0.717) is 18.1 Å². The van der Waals surface area contributed by atoms with Crippen LogP contribution in [-0.4, -0.2) is 10.8 Å². The molecule has 0 saturated heterocycles. The largest absolute Gasteiger partial charge is 0.294 e. The van der Waals surface area contributed by atoms with Gasteiger partial charge in [-0.25, -0.2) is 0 Å². The fourth-order valence-corrected chi connectivity index (χ4v) is 3.58. The highest BCUT2D eigenvalue weighted by Crippen LogP contribution is 2.45. The van der Waals surface area contributed by atoms with Crippen molar-refractivity contribution in [1.29, 1.82) is 0 Å². The molecule has 2 heteroatoms. The molecule has 108 valence electrons. The minimum atomic E-state index is 0.297. The second-order valence-corrected chi connectivity index (χ2v) is 5.95. The van der Waals surface area contributed by atoms with Crippen molar-refractivity contribution in [2.24, 2.45) is 0 Å². The number of benzene rings is 1. The summed E-state index contributed by atoms with van der Waals surface area (Å²) in [7, 11) is 0. The third-order valence-corrected chi connectivity index (χ3v) is 4.68. The van der Waals surface area contributed by atoms with Gasteiger partial charge in [0.15, 0.2) is 5.78 Å². The number of hydrogen-bond donors (Lipinski definition) is 0. The Labute approximate surface area is 130 Å². The molecule has 2 nitrogen and oxygen atoms in total. The Bertz CT molecular complexity index is 772. The smallest absolute Gasteiger partial charge is 0.162 e. The van der Waals surface area contributed by atoms with Crippen molar-refractivity contribution >= 4 is 11.4 Å². The van der Waals surface area contributed by atoms with Gasteiger partial charge in [0.25, 0.3) is 0 Å². The summed E-state index contributed by atoms with van der Waals surface area (Å²) in [6.07, 6.45) is 8.18. The topological polar surface area (TPSA) is 30.0 Å². The number of ketones is 1. The first-order chi connectivity index (χ1) is 10.8. The summed E-state index contributed by atoms with van der Waals surface area (Å²) in [5.74, 6) is 0.677. The zero-order valence-corrected chi connectivity index (χ0v) is 12.3. The van der Waals surface area contributed by atoms with Crippen molar-refractivity contribution in [3.8, 4) is 0 Å². The number of allylic oxidation sites excluding steroid dienone is 4. The number of carbonyl (C=O) groups is 1. The molecule has 0 saturated carbocycles. The predicted molar refractivity (Wildman–Crippen MR) is 87.3 cm³/mol. The fourth-order valence-electron chi connectivity index (χ4n) is 3.58. The van der Waals surface area contributed by atoms with E-state index in [9.17, 15) is 4.79 Å². The lowest BCUT2D eigenvalue weighted by atomic mass is 9.79. The van der Waals surface area contributed by atoms with Crippen molar-refractivity contribution in [2.45, 2.75) is 25.2 Å². The van der Waals surface area contributed by atoms with Gasteiger partial charge in [-0.3, -0.25) is 9.78 Å². The summed E-state index contributed by atoms with van der Waals surface area (Å²) in [6.45, 7) is 0. The van der Waals surface area contributed by atoms with E-state index in [0.717, 1.165) is 18.4 Å². The number of rotatable bonds is 2. The average molecular weight is 287 g/mol. The lowest BCUT2D eigenvalue weighted by Crippen LogP contribution is -2.15. The van der Waals surface area contributed by atoms with Crippen molar-refractivity contribution < 1.29 is 4.79 Å². The number of carbonyl (C=O) groups excluding carboxylic acids is 1. The summed E-state index contributed by atoms with van der Waals surface area (Å²) >= 11 is 0. The van der Waals surface area contributed by atoms with E-state index in [1.807, 2.05) is 30.6 Å². The molecule has 4 rings (SSSR count). The summed E-state index contributed by atoms with van der Waals surface area (Å²) in [5, 5.41) is 0. The van der Waals surface area contributed by atoms with Gasteiger partial charge in [0.1, 0.15) is 0 Å². The lowest BCUT2D eigenvalue weighted by molar-refractivity contribution is -0.115. The van der Waals surface area contributed by atoms with Crippen LogP contribution in [0.4, 0.5) is 0 Å². The first-order valence-electron chi connectivity index (χ1n) is 7.75. The Balaban J connectivity index is 1.71. The second kappa shape index (κ2) is 5.38. The average Bonchev–Trinajstić information content (AvgIpc) is 3.03. The molecule has 0 aliphatic heterocycles. The molecule has 0 N–H and O–H groups in total. The summed E-state index contributed by atoms with van der Waals surface area (Å²) < 4.78 is 0. The number of hydrogen-bond acceptors (Lipinski definition) is 2. The predicted octanol–water partition coefficient (Wildman–Crippen LogP) is 4.31. The zero-order valence-electron chi connectivity index (χ0n) is 12.3. The first-order valence-corrected chi connectivity index (χ1v) is 7.75. The normalized spacial score (nSPS) is 20.8. The maximum atomic E-state index is 12.3. The van der Waals surface area contributed by atoms with Crippen molar-refractivity contribution in [3.63, 3.8) is 0 Å². The van der Waals surface area contributed by atoms with Crippen molar-refractivity contribution in [2.75, 3.05) is 0 Å². The van der Waals surface area contributed by atoms with Crippen LogP contribution in [0.15, 0.2) is 72.1 Å². The fraction of sp³-hybridized carbons (Fsp3) is 0.200. The Hall–Kier alpha value is -2.48. The third kappa shape index (κ3) is 2.21. The molecule has 1 heterocycles. The van der Waals surface area contributed by atoms with Crippen LogP contribution in [0.25, 0.3) is 5.57 Å². The van der Waals surface area contributed by atoms with Gasteiger partial charge in [-0.05, 0) is 53.3 Å². The number of nitrogens with zero attached hydrogens (tertiary/aromatic N) is 1. The minimum Gasteiger partial charge on any atom is -0.294 e. The maximum Gasteiger partial charge on any atom is 0.162 e. The highest BCUT2D eigenvalue weighted by Gasteiger charge is 2.32. The summed E-state index contributed by atoms with van der Waals surface area (Å²) in [6, 6.07) is 14.6. The zero-order chi connectivity index (χ0) is 14.9. The minimum absolute atomic E-state index is 0.297. The summed E-state index contributed by atoms with van der Waals surface area (Å²) in [4.78, 5) is 16.4. The molecule has 22 heavy (non-hydrogen) atoms. The Kier molecular flexibility index (Phi) is 3.23. The Morgan fingerprint density at radius 3 is 2.55 bits per heavy atom. The van der Waals surface area contributed by atoms with E-state index in [-0.39, 0.29) is 0 Å². The SMILES string of the molecule is O=C1CCC(c2ccccc2)C2=C1C=C(c1ccncc1)C2. The standard InChI is InChI=1S/C20H17NO/c22-20-7-6-17(15-4-2-1-3-5-15)18-12-16(13-19(18)20)14-8-10-21-11-9-14/h1-5,8-11,13,17H,6-7,12H2. The molecule has 1 aromatic heterocycles. The molecule has 1 aromatic carbocycles. The molecule has 0 amide bonds. The summed E-state index contributed by atoms with van der Waals surface area (Å²) in [5.41, 5.74) is 5.99. The molecular formula is C20H17NO. The van der Waals surface area contributed by atoms with Crippen LogP contribution in [0.3, 0.4) is 0 Å². The van der Waals surface area contributed by atoms with Gasteiger partial charge in [-0.2, -0.15) is 0 Å². The second-order valence-electron chi connectivity index (χ2n) is 5.95. The van der Waals surface area contributed by atoms with Crippen LogP contribution >= 0.6 is 0 Å². The molecule has 1 atom stereocenters. The molecule has 2 aliphatic rings. The van der Waals surface area contributed by atoms with Crippen LogP contribution in [0.5, 0.6) is 0 Å². The number of pyridine rings is 1. The van der Waals surface area contributed by atoms with Gasteiger partial charge >= 0.3 is 0 Å². The molecule has 0 radical (unpaired) electrons. The van der Waals surface area contributed by atoms with Gasteiger partial charge < -0.3 is 0 Å². The highest BCUT2D eigenvalue weighted by molar-refractivity contribution is 6.04. The number of aromatic nitrogens is 1. The van der Waals surface area contributed by atoms with Crippen LogP contribution < -0.4 is 0 Å². The molecular weight excluding hydrogens is 270 g/mol. The van der Waals surface area contributed by atoms with Gasteiger partial charge in [-0.15, -0.1) is 0 Å².